The molecule has 2 rings (SSSR count). The fourth-order valence-electron chi connectivity index (χ4n) is 1.48. The van der Waals surface area contributed by atoms with Crippen molar-refractivity contribution >= 4 is 0 Å². The Bertz CT molecular complexity index is 466. The van der Waals surface area contributed by atoms with Crippen molar-refractivity contribution in [3.63, 3.8) is 0 Å². The van der Waals surface area contributed by atoms with Gasteiger partial charge >= 0.3 is 0 Å². The van der Waals surface area contributed by atoms with Gasteiger partial charge in [0.2, 0.25) is 0 Å². The van der Waals surface area contributed by atoms with Gasteiger partial charge in [-0.1, -0.05) is 12.1 Å². The van der Waals surface area contributed by atoms with E-state index in [9.17, 15) is 5.11 Å². The minimum atomic E-state index is 0.235. The highest BCUT2D eigenvalue weighted by molar-refractivity contribution is 5.66. The van der Waals surface area contributed by atoms with Crippen LogP contribution in [0.1, 0.15) is 6.92 Å². The largest absolute Gasteiger partial charge is 0.507 e. The number of hydrogen-bond acceptors (Lipinski definition) is 3. The second kappa shape index (κ2) is 4.66. The third-order valence-corrected chi connectivity index (χ3v) is 2.23. The zero-order valence-electron chi connectivity index (χ0n) is 9.05. The van der Waals surface area contributed by atoms with Crippen LogP contribution < -0.4 is 4.74 Å². The first kappa shape index (κ1) is 10.5. The molecule has 0 fully saturated rings. The molecule has 0 aliphatic rings. The van der Waals surface area contributed by atoms with Gasteiger partial charge in [-0.05, 0) is 31.2 Å². The Kier molecular flexibility index (Phi) is 3.05. The van der Waals surface area contributed by atoms with Crippen molar-refractivity contribution in [1.29, 1.82) is 0 Å². The SMILES string of the molecule is CCOc1ccc(-c2ccccc2O)nc1. The molecule has 0 radical (unpaired) electrons. The summed E-state index contributed by atoms with van der Waals surface area (Å²) in [5, 5.41) is 9.67. The zero-order valence-corrected chi connectivity index (χ0v) is 9.05. The molecule has 0 atom stereocenters. The molecule has 1 aromatic carbocycles. The number of hydrogen-bond donors (Lipinski definition) is 1. The van der Waals surface area contributed by atoms with Crippen molar-refractivity contribution < 1.29 is 9.84 Å². The van der Waals surface area contributed by atoms with E-state index in [2.05, 4.69) is 4.98 Å². The monoisotopic (exact) mass is 215 g/mol. The molecule has 0 unspecified atom stereocenters. The third-order valence-electron chi connectivity index (χ3n) is 2.23. The summed E-state index contributed by atoms with van der Waals surface area (Å²) in [6.45, 7) is 2.55. The van der Waals surface area contributed by atoms with Crippen molar-refractivity contribution in [2.75, 3.05) is 6.61 Å². The van der Waals surface area contributed by atoms with Gasteiger partial charge in [0, 0.05) is 5.56 Å². The van der Waals surface area contributed by atoms with E-state index in [1.54, 1.807) is 18.3 Å². The lowest BCUT2D eigenvalue weighted by Gasteiger charge is -2.05. The molecule has 0 spiro atoms. The predicted octanol–water partition coefficient (Wildman–Crippen LogP) is 2.85. The van der Waals surface area contributed by atoms with E-state index in [0.717, 1.165) is 17.0 Å². The summed E-state index contributed by atoms with van der Waals surface area (Å²) in [4.78, 5) is 4.24. The Morgan fingerprint density at radius 3 is 2.62 bits per heavy atom. The van der Waals surface area contributed by atoms with E-state index in [1.165, 1.54) is 0 Å². The van der Waals surface area contributed by atoms with Gasteiger partial charge < -0.3 is 9.84 Å². The summed E-state index contributed by atoms with van der Waals surface area (Å²) < 4.78 is 5.30. The molecule has 0 saturated heterocycles. The Hall–Kier alpha value is -2.03. The quantitative estimate of drug-likeness (QED) is 0.856. The van der Waals surface area contributed by atoms with Crippen molar-refractivity contribution in [1.82, 2.24) is 4.98 Å². The first-order valence-electron chi connectivity index (χ1n) is 5.18. The fraction of sp³-hybridized carbons (Fsp3) is 0.154. The molecule has 16 heavy (non-hydrogen) atoms. The Morgan fingerprint density at radius 2 is 2.00 bits per heavy atom. The van der Waals surface area contributed by atoms with Gasteiger partial charge in [-0.15, -0.1) is 0 Å². The summed E-state index contributed by atoms with van der Waals surface area (Å²) in [6.07, 6.45) is 1.66. The number of para-hydroxylation sites is 1. The molecule has 3 nitrogen and oxygen atoms in total. The van der Waals surface area contributed by atoms with Gasteiger partial charge in [-0.3, -0.25) is 4.98 Å². The second-order valence-corrected chi connectivity index (χ2v) is 3.33. The molecular weight excluding hydrogens is 202 g/mol. The van der Waals surface area contributed by atoms with E-state index in [1.807, 2.05) is 31.2 Å². The average Bonchev–Trinajstić information content (AvgIpc) is 2.31. The van der Waals surface area contributed by atoms with Crippen LogP contribution in [0.25, 0.3) is 11.3 Å². The summed E-state index contributed by atoms with van der Waals surface area (Å²) in [7, 11) is 0. The first-order chi connectivity index (χ1) is 7.81. The molecule has 2 aromatic rings. The normalized spacial score (nSPS) is 10.1. The maximum absolute atomic E-state index is 9.67. The van der Waals surface area contributed by atoms with Gasteiger partial charge in [0.05, 0.1) is 18.5 Å². The minimum absolute atomic E-state index is 0.235. The van der Waals surface area contributed by atoms with E-state index in [-0.39, 0.29) is 5.75 Å². The lowest BCUT2D eigenvalue weighted by atomic mass is 10.1. The van der Waals surface area contributed by atoms with Crippen molar-refractivity contribution in [3.05, 3.63) is 42.6 Å². The molecule has 3 heteroatoms. The highest BCUT2D eigenvalue weighted by Gasteiger charge is 2.04. The minimum Gasteiger partial charge on any atom is -0.507 e. The van der Waals surface area contributed by atoms with Crippen molar-refractivity contribution in [3.8, 4) is 22.8 Å². The van der Waals surface area contributed by atoms with Gasteiger partial charge in [0.25, 0.3) is 0 Å². The second-order valence-electron chi connectivity index (χ2n) is 3.33. The summed E-state index contributed by atoms with van der Waals surface area (Å²) in [5.41, 5.74) is 1.46. The fourth-order valence-corrected chi connectivity index (χ4v) is 1.48. The standard InChI is InChI=1S/C13H13NO2/c1-2-16-10-7-8-12(14-9-10)11-5-3-4-6-13(11)15/h3-9,15H,2H2,1H3. The first-order valence-corrected chi connectivity index (χ1v) is 5.18. The number of phenolic OH excluding ortho intramolecular Hbond substituents is 1. The molecule has 0 bridgehead atoms. The van der Waals surface area contributed by atoms with Crippen LogP contribution in [0.15, 0.2) is 42.6 Å². The van der Waals surface area contributed by atoms with Crippen molar-refractivity contribution in [2.45, 2.75) is 6.92 Å². The highest BCUT2D eigenvalue weighted by atomic mass is 16.5. The molecule has 82 valence electrons. The molecule has 0 aliphatic carbocycles. The lowest BCUT2D eigenvalue weighted by molar-refractivity contribution is 0.339. The number of phenols is 1. The van der Waals surface area contributed by atoms with Crippen LogP contribution in [0.4, 0.5) is 0 Å². The number of ether oxygens (including phenoxy) is 1. The molecule has 1 N–H and O–H groups in total. The number of aromatic nitrogens is 1. The number of nitrogens with zero attached hydrogens (tertiary/aromatic N) is 1. The van der Waals surface area contributed by atoms with Crippen LogP contribution in [0.5, 0.6) is 11.5 Å². The summed E-state index contributed by atoms with van der Waals surface area (Å²) >= 11 is 0. The van der Waals surface area contributed by atoms with Crippen LogP contribution >= 0.6 is 0 Å². The zero-order chi connectivity index (χ0) is 11.4. The Labute approximate surface area is 94.3 Å². The average molecular weight is 215 g/mol. The van der Waals surface area contributed by atoms with Gasteiger partial charge in [0.1, 0.15) is 11.5 Å². The van der Waals surface area contributed by atoms with Crippen LogP contribution in [0.2, 0.25) is 0 Å². The van der Waals surface area contributed by atoms with E-state index < -0.39 is 0 Å². The Balaban J connectivity index is 2.31. The Morgan fingerprint density at radius 1 is 1.19 bits per heavy atom. The van der Waals surface area contributed by atoms with E-state index in [4.69, 9.17) is 4.74 Å². The van der Waals surface area contributed by atoms with Crippen LogP contribution in [0.3, 0.4) is 0 Å². The summed E-state index contributed by atoms with van der Waals surface area (Å²) in [5.74, 6) is 0.973. The van der Waals surface area contributed by atoms with Crippen LogP contribution in [0, 0.1) is 0 Å². The molecule has 0 amide bonds. The highest BCUT2D eigenvalue weighted by Crippen LogP contribution is 2.27. The van der Waals surface area contributed by atoms with Crippen molar-refractivity contribution in [2.24, 2.45) is 0 Å². The molecule has 1 heterocycles. The number of benzene rings is 1. The topological polar surface area (TPSA) is 42.4 Å². The third kappa shape index (κ3) is 2.14. The van der Waals surface area contributed by atoms with Gasteiger partial charge in [-0.25, -0.2) is 0 Å². The summed E-state index contributed by atoms with van der Waals surface area (Å²) in [6, 6.07) is 10.8. The van der Waals surface area contributed by atoms with Gasteiger partial charge in [-0.2, -0.15) is 0 Å². The maximum atomic E-state index is 9.67. The predicted molar refractivity (Wildman–Crippen MR) is 62.5 cm³/mol. The number of aromatic hydroxyl groups is 1. The molecule has 0 aliphatic heterocycles. The lowest BCUT2D eigenvalue weighted by Crippen LogP contribution is -1.92. The molecular formula is C13H13NO2. The number of rotatable bonds is 3. The van der Waals surface area contributed by atoms with E-state index in [0.29, 0.717) is 6.61 Å². The molecule has 1 aromatic heterocycles. The van der Waals surface area contributed by atoms with Crippen LogP contribution in [-0.4, -0.2) is 16.7 Å². The van der Waals surface area contributed by atoms with Crippen LogP contribution in [-0.2, 0) is 0 Å². The molecule has 0 saturated carbocycles. The van der Waals surface area contributed by atoms with Gasteiger partial charge in [0.15, 0.2) is 0 Å². The van der Waals surface area contributed by atoms with E-state index >= 15 is 0 Å². The smallest absolute Gasteiger partial charge is 0.137 e. The maximum Gasteiger partial charge on any atom is 0.137 e. The number of pyridine rings is 1.